The third-order valence-electron chi connectivity index (χ3n) is 7.69. The molecule has 0 radical (unpaired) electrons. The minimum absolute atomic E-state index is 0.0222. The topological polar surface area (TPSA) is 77.4 Å². The number of ether oxygens (including phenoxy) is 1. The van der Waals surface area contributed by atoms with Crippen LogP contribution in [0.25, 0.3) is 0 Å². The standard InChI is InChI=1S/C25H40N2O4S/c1-3-4-5-6-19-8-12-21(13-9-19)31-17-24-23(26-32(29,30)22-14-15-22)16-11-20-10-7-18(2)25(28)27(20)24/h7,10,19,21-24,26H,3-6,8-9,11-17H2,1-2H3. The first kappa shape index (κ1) is 24.0. The quantitative estimate of drug-likeness (QED) is 0.525. The average Bonchev–Trinajstić information content (AvgIpc) is 3.63. The van der Waals surface area contributed by atoms with E-state index in [1.807, 2.05) is 23.6 Å². The van der Waals surface area contributed by atoms with Crippen molar-refractivity contribution >= 4 is 10.0 Å². The van der Waals surface area contributed by atoms with Crippen LogP contribution in [0.15, 0.2) is 16.9 Å². The zero-order chi connectivity index (χ0) is 22.7. The fourth-order valence-corrected chi connectivity index (χ4v) is 7.10. The predicted octanol–water partition coefficient (Wildman–Crippen LogP) is 4.25. The molecule has 2 atom stereocenters. The highest BCUT2D eigenvalue weighted by atomic mass is 32.2. The van der Waals surface area contributed by atoms with Gasteiger partial charge in [0.25, 0.3) is 5.56 Å². The van der Waals surface area contributed by atoms with Crippen LogP contribution in [0.1, 0.15) is 94.9 Å². The van der Waals surface area contributed by atoms with E-state index in [1.165, 1.54) is 38.5 Å². The molecule has 2 aliphatic carbocycles. The lowest BCUT2D eigenvalue weighted by Crippen LogP contribution is -2.50. The van der Waals surface area contributed by atoms with Gasteiger partial charge in [0, 0.05) is 17.3 Å². The van der Waals surface area contributed by atoms with Crippen LogP contribution in [0.2, 0.25) is 0 Å². The summed E-state index contributed by atoms with van der Waals surface area (Å²) in [6, 6.07) is 3.30. The Kier molecular flexibility index (Phi) is 7.78. The monoisotopic (exact) mass is 464 g/mol. The summed E-state index contributed by atoms with van der Waals surface area (Å²) < 4.78 is 36.5. The second-order valence-corrected chi connectivity index (χ2v) is 12.2. The normalized spacial score (nSPS) is 28.4. The van der Waals surface area contributed by atoms with Gasteiger partial charge in [-0.2, -0.15) is 0 Å². The molecule has 7 heteroatoms. The zero-order valence-corrected chi connectivity index (χ0v) is 20.5. The molecule has 2 fully saturated rings. The molecule has 1 aliphatic heterocycles. The SMILES string of the molecule is CCCCCC1CCC(OCC2C(NS(=O)(=O)C3CC3)CCc3ccc(C)c(=O)n32)CC1. The number of fused-ring (bicyclic) bond motifs is 1. The fourth-order valence-electron chi connectivity index (χ4n) is 5.45. The molecule has 2 unspecified atom stereocenters. The van der Waals surface area contributed by atoms with Crippen molar-refractivity contribution in [3.63, 3.8) is 0 Å². The lowest BCUT2D eigenvalue weighted by Gasteiger charge is -2.37. The molecule has 180 valence electrons. The maximum atomic E-state index is 13.0. The van der Waals surface area contributed by atoms with Crippen molar-refractivity contribution in [2.75, 3.05) is 6.61 Å². The number of nitrogens with zero attached hydrogens (tertiary/aromatic N) is 1. The van der Waals surface area contributed by atoms with Gasteiger partial charge in [0.15, 0.2) is 0 Å². The summed E-state index contributed by atoms with van der Waals surface area (Å²) in [4.78, 5) is 13.0. The van der Waals surface area contributed by atoms with Gasteiger partial charge in [0.05, 0.1) is 24.0 Å². The van der Waals surface area contributed by atoms with E-state index in [0.29, 0.717) is 25.0 Å². The molecule has 0 amide bonds. The summed E-state index contributed by atoms with van der Waals surface area (Å²) in [7, 11) is -3.33. The van der Waals surface area contributed by atoms with Gasteiger partial charge in [0.2, 0.25) is 10.0 Å². The van der Waals surface area contributed by atoms with Crippen molar-refractivity contribution in [3.8, 4) is 0 Å². The largest absolute Gasteiger partial charge is 0.376 e. The average molecular weight is 465 g/mol. The highest BCUT2D eigenvalue weighted by Gasteiger charge is 2.40. The van der Waals surface area contributed by atoms with Crippen molar-refractivity contribution in [3.05, 3.63) is 33.7 Å². The molecule has 6 nitrogen and oxygen atoms in total. The molecule has 1 aromatic heterocycles. The minimum atomic E-state index is -3.33. The van der Waals surface area contributed by atoms with Crippen molar-refractivity contribution < 1.29 is 13.2 Å². The third kappa shape index (κ3) is 5.65. The minimum Gasteiger partial charge on any atom is -0.376 e. The van der Waals surface area contributed by atoms with Crippen LogP contribution in [-0.4, -0.2) is 37.0 Å². The summed E-state index contributed by atoms with van der Waals surface area (Å²) in [5.74, 6) is 0.820. The van der Waals surface area contributed by atoms with Gasteiger partial charge < -0.3 is 9.30 Å². The number of pyridine rings is 1. The number of sulfonamides is 1. The number of nitrogens with one attached hydrogen (secondary N) is 1. The molecular formula is C25H40N2O4S. The molecule has 2 heterocycles. The Labute approximate surface area is 193 Å². The molecule has 3 aliphatic rings. The van der Waals surface area contributed by atoms with Gasteiger partial charge >= 0.3 is 0 Å². The molecule has 1 N–H and O–H groups in total. The van der Waals surface area contributed by atoms with Crippen LogP contribution in [0.4, 0.5) is 0 Å². The van der Waals surface area contributed by atoms with E-state index in [4.69, 9.17) is 4.74 Å². The molecule has 32 heavy (non-hydrogen) atoms. The third-order valence-corrected chi connectivity index (χ3v) is 9.67. The second-order valence-electron chi connectivity index (χ2n) is 10.2. The predicted molar refractivity (Wildman–Crippen MR) is 128 cm³/mol. The maximum absolute atomic E-state index is 13.0. The Bertz CT molecular complexity index is 930. The van der Waals surface area contributed by atoms with Crippen molar-refractivity contribution in [2.45, 2.75) is 114 Å². The first-order chi connectivity index (χ1) is 15.4. The molecule has 0 aromatic carbocycles. The lowest BCUT2D eigenvalue weighted by atomic mass is 9.84. The molecule has 0 spiro atoms. The first-order valence-corrected chi connectivity index (χ1v) is 14.3. The number of aromatic nitrogens is 1. The van der Waals surface area contributed by atoms with Gasteiger partial charge in [-0.25, -0.2) is 13.1 Å². The molecule has 4 rings (SSSR count). The Morgan fingerprint density at radius 2 is 1.81 bits per heavy atom. The number of rotatable bonds is 10. The van der Waals surface area contributed by atoms with E-state index in [-0.39, 0.29) is 29.0 Å². The summed E-state index contributed by atoms with van der Waals surface area (Å²) in [5, 5.41) is -0.261. The van der Waals surface area contributed by atoms with Gasteiger partial charge in [-0.1, -0.05) is 38.7 Å². The maximum Gasteiger partial charge on any atom is 0.254 e. The zero-order valence-electron chi connectivity index (χ0n) is 19.7. The molecule has 1 aromatic rings. The van der Waals surface area contributed by atoms with Gasteiger partial charge in [-0.3, -0.25) is 4.79 Å². The summed E-state index contributed by atoms with van der Waals surface area (Å²) in [5.41, 5.74) is 1.65. The Hall–Kier alpha value is -1.18. The Morgan fingerprint density at radius 3 is 2.50 bits per heavy atom. The highest BCUT2D eigenvalue weighted by Crippen LogP contribution is 2.33. The van der Waals surface area contributed by atoms with E-state index in [0.717, 1.165) is 37.3 Å². The smallest absolute Gasteiger partial charge is 0.254 e. The number of hydrogen-bond acceptors (Lipinski definition) is 4. The number of unbranched alkanes of at least 4 members (excludes halogenated alkanes) is 2. The molecule has 0 bridgehead atoms. The van der Waals surface area contributed by atoms with Crippen LogP contribution in [0.3, 0.4) is 0 Å². The molecular weight excluding hydrogens is 424 g/mol. The van der Waals surface area contributed by atoms with Crippen LogP contribution in [0.5, 0.6) is 0 Å². The molecule has 2 saturated carbocycles. The lowest BCUT2D eigenvalue weighted by molar-refractivity contribution is -0.00747. The fraction of sp³-hybridized carbons (Fsp3) is 0.800. The van der Waals surface area contributed by atoms with Gasteiger partial charge in [-0.15, -0.1) is 0 Å². The summed E-state index contributed by atoms with van der Waals surface area (Å²) >= 11 is 0. The van der Waals surface area contributed by atoms with E-state index >= 15 is 0 Å². The second kappa shape index (κ2) is 10.4. The van der Waals surface area contributed by atoms with Gasteiger partial charge in [0.1, 0.15) is 0 Å². The van der Waals surface area contributed by atoms with Crippen molar-refractivity contribution in [2.24, 2.45) is 5.92 Å². The van der Waals surface area contributed by atoms with E-state index in [1.54, 1.807) is 0 Å². The number of aryl methyl sites for hydroxylation is 2. The summed E-state index contributed by atoms with van der Waals surface area (Å²) in [6.45, 7) is 4.46. The van der Waals surface area contributed by atoms with E-state index in [2.05, 4.69) is 11.6 Å². The van der Waals surface area contributed by atoms with E-state index in [9.17, 15) is 13.2 Å². The van der Waals surface area contributed by atoms with Crippen LogP contribution < -0.4 is 10.3 Å². The highest BCUT2D eigenvalue weighted by molar-refractivity contribution is 7.90. The Balaban J connectivity index is 1.43. The van der Waals surface area contributed by atoms with E-state index < -0.39 is 10.0 Å². The number of hydrogen-bond donors (Lipinski definition) is 1. The first-order valence-electron chi connectivity index (χ1n) is 12.7. The Morgan fingerprint density at radius 1 is 1.06 bits per heavy atom. The van der Waals surface area contributed by atoms with Gasteiger partial charge in [-0.05, 0) is 70.3 Å². The van der Waals surface area contributed by atoms with Crippen LogP contribution >= 0.6 is 0 Å². The molecule has 0 saturated heterocycles. The van der Waals surface area contributed by atoms with Crippen molar-refractivity contribution in [1.29, 1.82) is 0 Å². The summed E-state index contributed by atoms with van der Waals surface area (Å²) in [6.07, 6.45) is 12.9. The van der Waals surface area contributed by atoms with Crippen LogP contribution in [0, 0.1) is 12.8 Å². The van der Waals surface area contributed by atoms with Crippen molar-refractivity contribution in [1.82, 2.24) is 9.29 Å². The van der Waals surface area contributed by atoms with Crippen LogP contribution in [-0.2, 0) is 21.2 Å².